The predicted octanol–water partition coefficient (Wildman–Crippen LogP) is 4.11. The molecule has 0 unspecified atom stereocenters. The third-order valence-electron chi connectivity index (χ3n) is 4.56. The van der Waals surface area contributed by atoms with E-state index >= 15 is 0 Å². The molecule has 0 spiro atoms. The molecule has 0 N–H and O–H groups in total. The number of carbonyl (C=O) groups is 2. The van der Waals surface area contributed by atoms with E-state index in [1.165, 1.54) is 30.4 Å². The quantitative estimate of drug-likeness (QED) is 0.562. The van der Waals surface area contributed by atoms with Gasteiger partial charge >= 0.3 is 12.1 Å². The monoisotopic (exact) mass is 401 g/mol. The highest BCUT2D eigenvalue weighted by atomic mass is 16.6. The molecule has 0 atom stereocenters. The number of methoxy groups -OCH3 is 1. The molecule has 8 heteroatoms. The molecule has 0 aliphatic heterocycles. The Bertz CT molecular complexity index is 920. The van der Waals surface area contributed by atoms with Crippen molar-refractivity contribution in [1.29, 1.82) is 0 Å². The maximum atomic E-state index is 12.7. The van der Waals surface area contributed by atoms with E-state index in [0.717, 1.165) is 25.7 Å². The Balaban J connectivity index is 2.06. The number of pyridine rings is 1. The van der Waals surface area contributed by atoms with Crippen LogP contribution in [0, 0.1) is 0 Å². The van der Waals surface area contributed by atoms with Gasteiger partial charge in [0.1, 0.15) is 11.7 Å². The number of ether oxygens (including phenoxy) is 3. The van der Waals surface area contributed by atoms with Gasteiger partial charge in [0, 0.05) is 12.3 Å². The van der Waals surface area contributed by atoms with Crippen molar-refractivity contribution < 1.29 is 23.8 Å². The first kappa shape index (κ1) is 20.8. The summed E-state index contributed by atoms with van der Waals surface area (Å²) in [5.41, 5.74) is 0.214. The first-order chi connectivity index (χ1) is 13.8. The van der Waals surface area contributed by atoms with Crippen LogP contribution in [0.15, 0.2) is 18.3 Å². The van der Waals surface area contributed by atoms with Gasteiger partial charge in [0.05, 0.1) is 23.7 Å². The van der Waals surface area contributed by atoms with Gasteiger partial charge in [-0.05, 0) is 58.6 Å². The van der Waals surface area contributed by atoms with Crippen LogP contribution >= 0.6 is 0 Å². The van der Waals surface area contributed by atoms with Crippen LogP contribution in [0.1, 0.15) is 58.6 Å². The largest absolute Gasteiger partial charge is 0.474 e. The highest BCUT2D eigenvalue weighted by molar-refractivity contribution is 5.98. The van der Waals surface area contributed by atoms with Crippen LogP contribution in [0.2, 0.25) is 0 Å². The molecule has 2 aromatic heterocycles. The maximum Gasteiger partial charge on any atom is 0.435 e. The Morgan fingerprint density at radius 2 is 1.93 bits per heavy atom. The number of fused-ring (bicyclic) bond motifs is 1. The summed E-state index contributed by atoms with van der Waals surface area (Å²) in [5.74, 6) is -0.127. The zero-order chi connectivity index (χ0) is 21.0. The molecule has 1 saturated carbocycles. The lowest BCUT2D eigenvalue weighted by Gasteiger charge is -2.22. The molecule has 0 amide bonds. The van der Waals surface area contributed by atoms with Crippen LogP contribution in [-0.4, -0.2) is 45.6 Å². The number of esters is 1. The van der Waals surface area contributed by atoms with Crippen molar-refractivity contribution in [2.75, 3.05) is 7.11 Å². The minimum Gasteiger partial charge on any atom is -0.474 e. The molecule has 0 saturated heterocycles. The van der Waals surface area contributed by atoms with E-state index in [9.17, 15) is 9.59 Å². The summed E-state index contributed by atoms with van der Waals surface area (Å²) in [6, 6.07) is 1.68. The number of aromatic nitrogens is 3. The fraction of sp³-hybridized carbons (Fsp3) is 0.524. The second kappa shape index (κ2) is 8.63. The molecule has 0 aromatic carbocycles. The van der Waals surface area contributed by atoms with Crippen molar-refractivity contribution in [3.63, 3.8) is 0 Å². The molecular weight excluding hydrogens is 374 g/mol. The number of hydrogen-bond donors (Lipinski definition) is 0. The van der Waals surface area contributed by atoms with Crippen molar-refractivity contribution in [2.24, 2.45) is 0 Å². The number of hydrogen-bond acceptors (Lipinski definition) is 7. The minimum absolute atomic E-state index is 0.0733. The minimum atomic E-state index is -0.675. The molecule has 2 heterocycles. The summed E-state index contributed by atoms with van der Waals surface area (Å²) in [6.07, 6.45) is 9.15. The first-order valence-electron chi connectivity index (χ1n) is 9.82. The molecule has 29 heavy (non-hydrogen) atoms. The Labute approximate surface area is 169 Å². The van der Waals surface area contributed by atoms with Crippen LogP contribution in [0.5, 0.6) is 5.88 Å². The van der Waals surface area contributed by atoms with Crippen LogP contribution in [0.4, 0.5) is 4.79 Å². The van der Waals surface area contributed by atoms with Gasteiger partial charge < -0.3 is 14.2 Å². The van der Waals surface area contributed by atoms with Crippen LogP contribution in [-0.2, 0) is 14.3 Å². The van der Waals surface area contributed by atoms with Gasteiger partial charge in [0.2, 0.25) is 5.88 Å². The average molecular weight is 401 g/mol. The molecule has 3 rings (SSSR count). The van der Waals surface area contributed by atoms with Crippen LogP contribution < -0.4 is 4.74 Å². The topological polar surface area (TPSA) is 92.5 Å². The zero-order valence-electron chi connectivity index (χ0n) is 17.3. The second-order valence-electron chi connectivity index (χ2n) is 8.02. The molecular formula is C21H27N3O5. The normalized spacial score (nSPS) is 15.6. The van der Waals surface area contributed by atoms with E-state index in [-0.39, 0.29) is 6.10 Å². The van der Waals surface area contributed by atoms with Crippen molar-refractivity contribution in [3.05, 3.63) is 24.0 Å². The van der Waals surface area contributed by atoms with Gasteiger partial charge in [-0.15, -0.1) is 0 Å². The standard InChI is InChI=1S/C21H27N3O5/c1-21(2,3)29-20(26)24-16-12-13-22-19(28-14-8-6-5-7-9-14)18(16)15(23-24)10-11-17(25)27-4/h10-14H,5-9H2,1-4H3. The molecule has 1 aliphatic carbocycles. The average Bonchev–Trinajstić information content (AvgIpc) is 3.05. The summed E-state index contributed by atoms with van der Waals surface area (Å²) >= 11 is 0. The van der Waals surface area contributed by atoms with Crippen molar-refractivity contribution >= 4 is 29.0 Å². The number of carbonyl (C=O) groups excluding carboxylic acids is 2. The van der Waals surface area contributed by atoms with Crippen LogP contribution in [0.3, 0.4) is 0 Å². The molecule has 0 bridgehead atoms. The van der Waals surface area contributed by atoms with E-state index < -0.39 is 17.7 Å². The molecule has 8 nitrogen and oxygen atoms in total. The lowest BCUT2D eigenvalue weighted by molar-refractivity contribution is -0.134. The molecule has 1 fully saturated rings. The van der Waals surface area contributed by atoms with Crippen LogP contribution in [0.25, 0.3) is 17.0 Å². The Morgan fingerprint density at radius 1 is 1.21 bits per heavy atom. The third kappa shape index (κ3) is 5.13. The smallest absolute Gasteiger partial charge is 0.435 e. The summed E-state index contributed by atoms with van der Waals surface area (Å²) in [5, 5.41) is 4.92. The summed E-state index contributed by atoms with van der Waals surface area (Å²) in [4.78, 5) is 28.6. The third-order valence-corrected chi connectivity index (χ3v) is 4.56. The summed E-state index contributed by atoms with van der Waals surface area (Å²) < 4.78 is 17.5. The lowest BCUT2D eigenvalue weighted by atomic mass is 9.98. The van der Waals surface area contributed by atoms with E-state index in [4.69, 9.17) is 9.47 Å². The first-order valence-corrected chi connectivity index (χ1v) is 9.82. The Kier molecular flexibility index (Phi) is 6.20. The SMILES string of the molecule is COC(=O)C=Cc1nn(C(=O)OC(C)(C)C)c2ccnc(OC3CCCCC3)c12. The predicted molar refractivity (Wildman–Crippen MR) is 108 cm³/mol. The van der Waals surface area contributed by atoms with Gasteiger partial charge in [-0.1, -0.05) is 6.42 Å². The fourth-order valence-electron chi connectivity index (χ4n) is 3.27. The molecule has 0 radical (unpaired) electrons. The number of rotatable bonds is 4. The van der Waals surface area contributed by atoms with Gasteiger partial charge in [0.25, 0.3) is 0 Å². The van der Waals surface area contributed by atoms with Crippen molar-refractivity contribution in [3.8, 4) is 5.88 Å². The highest BCUT2D eigenvalue weighted by Crippen LogP contribution is 2.31. The van der Waals surface area contributed by atoms with Crippen molar-refractivity contribution in [2.45, 2.75) is 64.6 Å². The second-order valence-corrected chi connectivity index (χ2v) is 8.02. The molecule has 156 valence electrons. The fourth-order valence-corrected chi connectivity index (χ4v) is 3.27. The summed E-state index contributed by atoms with van der Waals surface area (Å²) in [7, 11) is 1.29. The Morgan fingerprint density at radius 3 is 2.59 bits per heavy atom. The van der Waals surface area contributed by atoms with E-state index in [1.54, 1.807) is 33.0 Å². The maximum absolute atomic E-state index is 12.7. The van der Waals surface area contributed by atoms with E-state index in [1.807, 2.05) is 0 Å². The summed E-state index contributed by atoms with van der Waals surface area (Å²) in [6.45, 7) is 5.36. The lowest BCUT2D eigenvalue weighted by Crippen LogP contribution is -2.27. The Hall–Kier alpha value is -2.90. The van der Waals surface area contributed by atoms with E-state index in [0.29, 0.717) is 22.5 Å². The van der Waals surface area contributed by atoms with Crippen molar-refractivity contribution in [1.82, 2.24) is 14.8 Å². The zero-order valence-corrected chi connectivity index (χ0v) is 17.3. The molecule has 2 aromatic rings. The number of nitrogens with zero attached hydrogens (tertiary/aromatic N) is 3. The highest BCUT2D eigenvalue weighted by Gasteiger charge is 2.25. The van der Waals surface area contributed by atoms with Gasteiger partial charge in [-0.3, -0.25) is 0 Å². The molecule has 1 aliphatic rings. The van der Waals surface area contributed by atoms with Gasteiger partial charge in [-0.2, -0.15) is 9.78 Å². The van der Waals surface area contributed by atoms with Gasteiger partial charge in [0.15, 0.2) is 0 Å². The van der Waals surface area contributed by atoms with E-state index in [2.05, 4.69) is 14.8 Å². The van der Waals surface area contributed by atoms with Gasteiger partial charge in [-0.25, -0.2) is 14.6 Å².